The Morgan fingerprint density at radius 1 is 1.50 bits per heavy atom. The highest BCUT2D eigenvalue weighted by Crippen LogP contribution is 1.88. The number of aliphatic hydroxyl groups excluding tert-OH is 2. The van der Waals surface area contributed by atoms with E-state index in [4.69, 9.17) is 10.2 Å². The third-order valence-corrected chi connectivity index (χ3v) is 0.749. The number of hydrogen-bond donors (Lipinski definition) is 2. The Morgan fingerprint density at radius 2 is 2.12 bits per heavy atom. The molecule has 48 valence electrons. The Hall–Kier alpha value is -0.340. The Kier molecular flexibility index (Phi) is 4.61. The van der Waals surface area contributed by atoms with Gasteiger partial charge in [-0.15, -0.1) is 0 Å². The lowest BCUT2D eigenvalue weighted by atomic mass is 10.3. The molecule has 1 atom stereocenters. The highest BCUT2D eigenvalue weighted by atomic mass is 16.3. The molecule has 0 aliphatic carbocycles. The minimum absolute atomic E-state index is 0.0622. The molecule has 0 heterocycles. The van der Waals surface area contributed by atoms with Crippen LogP contribution in [0.15, 0.2) is 12.2 Å². The van der Waals surface area contributed by atoms with E-state index in [1.165, 1.54) is 0 Å². The fraction of sp³-hybridized carbons (Fsp3) is 0.667. The van der Waals surface area contributed by atoms with Crippen molar-refractivity contribution >= 4 is 0 Å². The molecule has 0 amide bonds. The lowest BCUT2D eigenvalue weighted by Gasteiger charge is -1.94. The highest BCUT2D eigenvalue weighted by Gasteiger charge is 1.86. The summed E-state index contributed by atoms with van der Waals surface area (Å²) < 4.78 is 0. The second kappa shape index (κ2) is 4.81. The molecule has 8 heavy (non-hydrogen) atoms. The molecule has 2 N–H and O–H groups in total. The Balaban J connectivity index is 3.03. The van der Waals surface area contributed by atoms with E-state index in [0.717, 1.165) is 0 Å². The van der Waals surface area contributed by atoms with E-state index in [-0.39, 0.29) is 12.7 Å². The standard InChI is InChI=1S/C6H12O2/c1-6(8)4-2-3-5-7/h2-3,6-8H,4-5H2,1H3/b3-2+/t6-/m0/s1. The molecule has 0 saturated carbocycles. The minimum Gasteiger partial charge on any atom is -0.393 e. The van der Waals surface area contributed by atoms with E-state index in [9.17, 15) is 0 Å². The Morgan fingerprint density at radius 3 is 2.50 bits per heavy atom. The van der Waals surface area contributed by atoms with Crippen LogP contribution in [0.5, 0.6) is 0 Å². The van der Waals surface area contributed by atoms with Crippen molar-refractivity contribution in [1.82, 2.24) is 0 Å². The number of hydrogen-bond acceptors (Lipinski definition) is 2. The normalized spacial score (nSPS) is 14.9. The summed E-state index contributed by atoms with van der Waals surface area (Å²) in [6, 6.07) is 0. The summed E-state index contributed by atoms with van der Waals surface area (Å²) in [7, 11) is 0. The summed E-state index contributed by atoms with van der Waals surface area (Å²) in [6.45, 7) is 1.77. The molecule has 0 rings (SSSR count). The van der Waals surface area contributed by atoms with Gasteiger partial charge in [-0.25, -0.2) is 0 Å². The summed E-state index contributed by atoms with van der Waals surface area (Å²) in [4.78, 5) is 0. The average Bonchev–Trinajstić information content (AvgIpc) is 1.66. The Labute approximate surface area is 49.5 Å². The third kappa shape index (κ3) is 5.66. The van der Waals surface area contributed by atoms with E-state index in [0.29, 0.717) is 6.42 Å². The summed E-state index contributed by atoms with van der Waals surface area (Å²) >= 11 is 0. The zero-order valence-corrected chi connectivity index (χ0v) is 5.04. The first-order chi connectivity index (χ1) is 3.77. The van der Waals surface area contributed by atoms with Crippen molar-refractivity contribution in [3.05, 3.63) is 12.2 Å². The lowest BCUT2D eigenvalue weighted by Crippen LogP contribution is -1.95. The molecular formula is C6H12O2. The molecule has 0 spiro atoms. The van der Waals surface area contributed by atoms with Crippen LogP contribution in [0.4, 0.5) is 0 Å². The van der Waals surface area contributed by atoms with Gasteiger partial charge in [0.2, 0.25) is 0 Å². The highest BCUT2D eigenvalue weighted by molar-refractivity contribution is 4.81. The van der Waals surface area contributed by atoms with E-state index >= 15 is 0 Å². The maximum Gasteiger partial charge on any atom is 0.0612 e. The fourth-order valence-corrected chi connectivity index (χ4v) is 0.368. The van der Waals surface area contributed by atoms with Crippen molar-refractivity contribution in [3.8, 4) is 0 Å². The molecule has 2 heteroatoms. The quantitative estimate of drug-likeness (QED) is 0.521. The van der Waals surface area contributed by atoms with Gasteiger partial charge < -0.3 is 10.2 Å². The van der Waals surface area contributed by atoms with Crippen molar-refractivity contribution in [1.29, 1.82) is 0 Å². The maximum atomic E-state index is 8.65. The van der Waals surface area contributed by atoms with Crippen LogP contribution in [0.25, 0.3) is 0 Å². The van der Waals surface area contributed by atoms with Crippen LogP contribution >= 0.6 is 0 Å². The predicted octanol–water partition coefficient (Wildman–Crippen LogP) is 0.306. The van der Waals surface area contributed by atoms with Gasteiger partial charge >= 0.3 is 0 Å². The van der Waals surface area contributed by atoms with Gasteiger partial charge in [0.05, 0.1) is 12.7 Å². The van der Waals surface area contributed by atoms with Crippen molar-refractivity contribution < 1.29 is 10.2 Å². The first-order valence-corrected chi connectivity index (χ1v) is 2.71. The average molecular weight is 116 g/mol. The predicted molar refractivity (Wildman–Crippen MR) is 32.5 cm³/mol. The van der Waals surface area contributed by atoms with Crippen LogP contribution in [-0.2, 0) is 0 Å². The van der Waals surface area contributed by atoms with Crippen LogP contribution in [0.1, 0.15) is 13.3 Å². The minimum atomic E-state index is -0.294. The zero-order valence-electron chi connectivity index (χ0n) is 5.04. The van der Waals surface area contributed by atoms with Crippen molar-refractivity contribution in [2.45, 2.75) is 19.4 Å². The zero-order chi connectivity index (χ0) is 6.41. The maximum absolute atomic E-state index is 8.65. The van der Waals surface area contributed by atoms with Crippen LogP contribution in [0, 0.1) is 0 Å². The smallest absolute Gasteiger partial charge is 0.0612 e. The fourth-order valence-electron chi connectivity index (χ4n) is 0.368. The molecule has 0 unspecified atom stereocenters. The second-order valence-electron chi connectivity index (χ2n) is 1.74. The van der Waals surface area contributed by atoms with Crippen molar-refractivity contribution in [2.75, 3.05) is 6.61 Å². The van der Waals surface area contributed by atoms with Gasteiger partial charge in [0, 0.05) is 0 Å². The van der Waals surface area contributed by atoms with Crippen molar-refractivity contribution in [3.63, 3.8) is 0 Å². The van der Waals surface area contributed by atoms with Crippen LogP contribution < -0.4 is 0 Å². The van der Waals surface area contributed by atoms with E-state index < -0.39 is 0 Å². The molecule has 0 bridgehead atoms. The van der Waals surface area contributed by atoms with E-state index in [1.54, 1.807) is 19.1 Å². The topological polar surface area (TPSA) is 40.5 Å². The molecular weight excluding hydrogens is 104 g/mol. The SMILES string of the molecule is C[C@H](O)C/C=C/CO. The first kappa shape index (κ1) is 7.66. The van der Waals surface area contributed by atoms with E-state index in [1.807, 2.05) is 0 Å². The number of rotatable bonds is 3. The summed E-state index contributed by atoms with van der Waals surface area (Å²) in [5, 5.41) is 16.9. The summed E-state index contributed by atoms with van der Waals surface area (Å²) in [5.74, 6) is 0. The van der Waals surface area contributed by atoms with Gasteiger partial charge in [-0.1, -0.05) is 12.2 Å². The Bertz CT molecular complexity index is 66.9. The second-order valence-corrected chi connectivity index (χ2v) is 1.74. The van der Waals surface area contributed by atoms with Crippen LogP contribution in [0.3, 0.4) is 0 Å². The van der Waals surface area contributed by atoms with Gasteiger partial charge in [-0.2, -0.15) is 0 Å². The van der Waals surface area contributed by atoms with E-state index in [2.05, 4.69) is 0 Å². The van der Waals surface area contributed by atoms with Crippen LogP contribution in [0.2, 0.25) is 0 Å². The molecule has 0 aromatic heterocycles. The van der Waals surface area contributed by atoms with Gasteiger partial charge in [-0.3, -0.25) is 0 Å². The van der Waals surface area contributed by atoms with Gasteiger partial charge in [0.1, 0.15) is 0 Å². The molecule has 0 aromatic carbocycles. The summed E-state index contributed by atoms with van der Waals surface area (Å²) in [6.07, 6.45) is 3.70. The molecule has 0 saturated heterocycles. The van der Waals surface area contributed by atoms with Crippen molar-refractivity contribution in [2.24, 2.45) is 0 Å². The molecule has 0 radical (unpaired) electrons. The first-order valence-electron chi connectivity index (χ1n) is 2.71. The largest absolute Gasteiger partial charge is 0.393 e. The lowest BCUT2D eigenvalue weighted by molar-refractivity contribution is 0.198. The third-order valence-electron chi connectivity index (χ3n) is 0.749. The van der Waals surface area contributed by atoms with Crippen LogP contribution in [-0.4, -0.2) is 22.9 Å². The molecule has 0 fully saturated rings. The van der Waals surface area contributed by atoms with Gasteiger partial charge in [-0.05, 0) is 13.3 Å². The molecule has 0 aromatic rings. The van der Waals surface area contributed by atoms with Gasteiger partial charge in [0.15, 0.2) is 0 Å². The summed E-state index contributed by atoms with van der Waals surface area (Å²) in [5.41, 5.74) is 0. The molecule has 2 nitrogen and oxygen atoms in total. The molecule has 0 aliphatic heterocycles. The number of aliphatic hydroxyl groups is 2. The molecule has 0 aliphatic rings. The van der Waals surface area contributed by atoms with Gasteiger partial charge in [0.25, 0.3) is 0 Å². The monoisotopic (exact) mass is 116 g/mol.